The Kier molecular flexibility index (Phi) is 6.25. The van der Waals surface area contributed by atoms with Gasteiger partial charge in [0.2, 0.25) is 5.91 Å². The fraction of sp³-hybridized carbons (Fsp3) is 0.211. The maximum absolute atomic E-state index is 11.9. The lowest BCUT2D eigenvalue weighted by Gasteiger charge is -2.07. The van der Waals surface area contributed by atoms with E-state index >= 15 is 0 Å². The summed E-state index contributed by atoms with van der Waals surface area (Å²) < 4.78 is 15.5. The molecule has 0 aliphatic heterocycles. The Balaban J connectivity index is 1.92. The zero-order valence-electron chi connectivity index (χ0n) is 14.0. The molecule has 0 radical (unpaired) electrons. The Labute approximate surface area is 141 Å². The highest BCUT2D eigenvalue weighted by atomic mass is 16.5. The van der Waals surface area contributed by atoms with E-state index in [1.54, 1.807) is 33.5 Å². The van der Waals surface area contributed by atoms with Crippen LogP contribution in [0.1, 0.15) is 11.1 Å². The van der Waals surface area contributed by atoms with Gasteiger partial charge in [-0.05, 0) is 41.5 Å². The molecule has 126 valence electrons. The molecule has 0 heterocycles. The van der Waals surface area contributed by atoms with E-state index < -0.39 is 0 Å². The Morgan fingerprint density at radius 1 is 0.958 bits per heavy atom. The minimum Gasteiger partial charge on any atom is -0.497 e. The van der Waals surface area contributed by atoms with Crippen molar-refractivity contribution < 1.29 is 19.0 Å². The van der Waals surface area contributed by atoms with Crippen LogP contribution >= 0.6 is 0 Å². The van der Waals surface area contributed by atoms with Gasteiger partial charge in [-0.1, -0.05) is 18.2 Å². The number of carbonyl (C=O) groups is 1. The van der Waals surface area contributed by atoms with Gasteiger partial charge in [-0.15, -0.1) is 0 Å². The molecular weight excluding hydrogens is 306 g/mol. The average Bonchev–Trinajstić information content (AvgIpc) is 2.64. The van der Waals surface area contributed by atoms with Crippen LogP contribution in [0.5, 0.6) is 17.2 Å². The van der Waals surface area contributed by atoms with Crippen LogP contribution in [-0.2, 0) is 11.3 Å². The van der Waals surface area contributed by atoms with Crippen LogP contribution in [0.4, 0.5) is 0 Å². The van der Waals surface area contributed by atoms with E-state index in [1.165, 1.54) is 6.08 Å². The van der Waals surface area contributed by atoms with Gasteiger partial charge in [0.05, 0.1) is 21.3 Å². The molecule has 24 heavy (non-hydrogen) atoms. The van der Waals surface area contributed by atoms with Gasteiger partial charge in [-0.2, -0.15) is 0 Å². The Hall–Kier alpha value is -2.95. The Bertz CT molecular complexity index is 708. The molecule has 0 bridgehead atoms. The van der Waals surface area contributed by atoms with Crippen molar-refractivity contribution in [3.63, 3.8) is 0 Å². The van der Waals surface area contributed by atoms with Crippen LogP contribution in [0.25, 0.3) is 6.08 Å². The monoisotopic (exact) mass is 327 g/mol. The van der Waals surface area contributed by atoms with Crippen molar-refractivity contribution in [3.05, 3.63) is 59.7 Å². The predicted octanol–water partition coefficient (Wildman–Crippen LogP) is 3.04. The average molecular weight is 327 g/mol. The first-order valence-electron chi connectivity index (χ1n) is 7.47. The molecule has 0 saturated heterocycles. The van der Waals surface area contributed by atoms with Gasteiger partial charge >= 0.3 is 0 Å². The molecule has 5 heteroatoms. The third kappa shape index (κ3) is 4.78. The van der Waals surface area contributed by atoms with Gasteiger partial charge < -0.3 is 19.5 Å². The van der Waals surface area contributed by atoms with Gasteiger partial charge in [0.1, 0.15) is 5.75 Å². The van der Waals surface area contributed by atoms with Crippen molar-refractivity contribution in [1.29, 1.82) is 0 Å². The normalized spacial score (nSPS) is 10.5. The largest absolute Gasteiger partial charge is 0.497 e. The number of methoxy groups -OCH3 is 3. The molecule has 0 aromatic heterocycles. The summed E-state index contributed by atoms with van der Waals surface area (Å²) in [5.74, 6) is 1.90. The van der Waals surface area contributed by atoms with Crippen LogP contribution in [0.2, 0.25) is 0 Å². The SMILES string of the molecule is COc1ccc(CNC(=O)C=Cc2ccc(OC)c(OC)c2)cc1. The number of rotatable bonds is 7. The first-order chi connectivity index (χ1) is 11.7. The Morgan fingerprint density at radius 2 is 1.67 bits per heavy atom. The molecule has 0 aliphatic rings. The van der Waals surface area contributed by atoms with Crippen molar-refractivity contribution in [2.45, 2.75) is 6.54 Å². The summed E-state index contributed by atoms with van der Waals surface area (Å²) in [5.41, 5.74) is 1.86. The fourth-order valence-corrected chi connectivity index (χ4v) is 2.12. The van der Waals surface area contributed by atoms with E-state index in [0.29, 0.717) is 18.0 Å². The van der Waals surface area contributed by atoms with Crippen molar-refractivity contribution >= 4 is 12.0 Å². The van der Waals surface area contributed by atoms with E-state index in [2.05, 4.69) is 5.32 Å². The molecule has 2 rings (SSSR count). The molecule has 0 aliphatic carbocycles. The second kappa shape index (κ2) is 8.62. The number of hydrogen-bond donors (Lipinski definition) is 1. The van der Waals surface area contributed by atoms with Crippen LogP contribution in [0, 0.1) is 0 Å². The van der Waals surface area contributed by atoms with Crippen LogP contribution in [0.15, 0.2) is 48.5 Å². The lowest BCUT2D eigenvalue weighted by Crippen LogP contribution is -2.20. The van der Waals surface area contributed by atoms with E-state index in [1.807, 2.05) is 36.4 Å². The molecule has 5 nitrogen and oxygen atoms in total. The third-order valence-corrected chi connectivity index (χ3v) is 3.46. The lowest BCUT2D eigenvalue weighted by molar-refractivity contribution is -0.116. The summed E-state index contributed by atoms with van der Waals surface area (Å²) in [7, 11) is 4.78. The zero-order valence-corrected chi connectivity index (χ0v) is 14.0. The number of ether oxygens (including phenoxy) is 3. The lowest BCUT2D eigenvalue weighted by atomic mass is 10.2. The molecule has 0 atom stereocenters. The first kappa shape index (κ1) is 17.4. The zero-order chi connectivity index (χ0) is 17.4. The van der Waals surface area contributed by atoms with E-state index in [-0.39, 0.29) is 5.91 Å². The molecule has 0 fully saturated rings. The predicted molar refractivity (Wildman–Crippen MR) is 93.4 cm³/mol. The summed E-state index contributed by atoms with van der Waals surface area (Å²) in [5, 5.41) is 2.84. The fourth-order valence-electron chi connectivity index (χ4n) is 2.12. The molecule has 1 amide bonds. The van der Waals surface area contributed by atoms with Crippen LogP contribution in [0.3, 0.4) is 0 Å². The molecule has 0 saturated carbocycles. The minimum atomic E-state index is -0.166. The van der Waals surface area contributed by atoms with Crippen LogP contribution in [-0.4, -0.2) is 27.2 Å². The molecule has 0 spiro atoms. The van der Waals surface area contributed by atoms with E-state index in [9.17, 15) is 4.79 Å². The summed E-state index contributed by atoms with van der Waals surface area (Å²) in [6, 6.07) is 13.0. The highest BCUT2D eigenvalue weighted by Gasteiger charge is 2.03. The van der Waals surface area contributed by atoms with E-state index in [4.69, 9.17) is 14.2 Å². The highest BCUT2D eigenvalue weighted by Crippen LogP contribution is 2.27. The molecular formula is C19H21NO4. The van der Waals surface area contributed by atoms with Gasteiger partial charge in [0, 0.05) is 12.6 Å². The Morgan fingerprint density at radius 3 is 2.29 bits per heavy atom. The molecule has 2 aromatic carbocycles. The molecule has 1 N–H and O–H groups in total. The van der Waals surface area contributed by atoms with Gasteiger partial charge in [0.25, 0.3) is 0 Å². The topological polar surface area (TPSA) is 56.8 Å². The molecule has 2 aromatic rings. The highest BCUT2D eigenvalue weighted by molar-refractivity contribution is 5.91. The minimum absolute atomic E-state index is 0.166. The van der Waals surface area contributed by atoms with Crippen molar-refractivity contribution in [2.75, 3.05) is 21.3 Å². The summed E-state index contributed by atoms with van der Waals surface area (Å²) in [6.07, 6.45) is 3.22. The van der Waals surface area contributed by atoms with Gasteiger partial charge in [-0.3, -0.25) is 4.79 Å². The first-order valence-corrected chi connectivity index (χ1v) is 7.47. The molecule has 0 unspecified atom stereocenters. The number of benzene rings is 2. The standard InChI is InChI=1S/C19H21NO4/c1-22-16-8-4-15(5-9-16)13-20-19(21)11-7-14-6-10-17(23-2)18(12-14)24-3/h4-12H,13H2,1-3H3,(H,20,21). The number of amides is 1. The van der Waals surface area contributed by atoms with Gasteiger partial charge in [0.15, 0.2) is 11.5 Å². The summed E-state index contributed by atoms with van der Waals surface area (Å²) in [6.45, 7) is 0.457. The number of carbonyl (C=O) groups excluding carboxylic acids is 1. The third-order valence-electron chi connectivity index (χ3n) is 3.46. The second-order valence-corrected chi connectivity index (χ2v) is 5.01. The second-order valence-electron chi connectivity index (χ2n) is 5.01. The van der Waals surface area contributed by atoms with Crippen molar-refractivity contribution in [2.24, 2.45) is 0 Å². The quantitative estimate of drug-likeness (QED) is 0.794. The van der Waals surface area contributed by atoms with Crippen molar-refractivity contribution in [1.82, 2.24) is 5.32 Å². The maximum Gasteiger partial charge on any atom is 0.244 e. The number of hydrogen-bond acceptors (Lipinski definition) is 4. The van der Waals surface area contributed by atoms with Gasteiger partial charge in [-0.25, -0.2) is 0 Å². The van der Waals surface area contributed by atoms with Crippen molar-refractivity contribution in [3.8, 4) is 17.2 Å². The summed E-state index contributed by atoms with van der Waals surface area (Å²) >= 11 is 0. The summed E-state index contributed by atoms with van der Waals surface area (Å²) in [4.78, 5) is 11.9. The number of nitrogens with one attached hydrogen (secondary N) is 1. The smallest absolute Gasteiger partial charge is 0.244 e. The van der Waals surface area contributed by atoms with Crippen LogP contribution < -0.4 is 19.5 Å². The maximum atomic E-state index is 11.9. The van der Waals surface area contributed by atoms with E-state index in [0.717, 1.165) is 16.9 Å².